The molecule has 1 aliphatic heterocycles. The van der Waals surface area contributed by atoms with Crippen molar-refractivity contribution in [3.63, 3.8) is 0 Å². The molecule has 0 fully saturated rings. The van der Waals surface area contributed by atoms with Gasteiger partial charge in [-0.15, -0.1) is 48.1 Å². The van der Waals surface area contributed by atoms with E-state index in [-0.39, 0.29) is 60.5 Å². The van der Waals surface area contributed by atoms with E-state index in [9.17, 15) is 5.48 Å². The largest absolute Gasteiger partial charge is 0.508 e. The molecule has 0 amide bonds. The van der Waals surface area contributed by atoms with Crippen molar-refractivity contribution in [2.45, 2.75) is 26.2 Å². The maximum atomic E-state index is 9.35. The van der Waals surface area contributed by atoms with Crippen molar-refractivity contribution in [1.29, 1.82) is 0 Å². The summed E-state index contributed by atoms with van der Waals surface area (Å²) >= 11 is 0. The van der Waals surface area contributed by atoms with Crippen LogP contribution in [-0.4, -0.2) is 24.5 Å². The summed E-state index contributed by atoms with van der Waals surface area (Å²) in [6.45, 7) is 7.57. The van der Waals surface area contributed by atoms with E-state index in [0.717, 1.165) is 27.4 Å². The van der Waals surface area contributed by atoms with E-state index in [4.69, 9.17) is 32.9 Å². The molecule has 0 bridgehead atoms. The van der Waals surface area contributed by atoms with Gasteiger partial charge in [0.25, 0.3) is 0 Å². The minimum atomic E-state index is -0.661. The molecular weight excluding hydrogens is 1110 g/mol. The van der Waals surface area contributed by atoms with Gasteiger partial charge in [0.1, 0.15) is 11.6 Å². The van der Waals surface area contributed by atoms with Crippen LogP contribution < -0.4 is 14.5 Å². The van der Waals surface area contributed by atoms with Crippen LogP contribution in [0.3, 0.4) is 0 Å². The van der Waals surface area contributed by atoms with Gasteiger partial charge in [-0.05, 0) is 75.5 Å². The summed E-state index contributed by atoms with van der Waals surface area (Å²) < 4.78 is 99.0. The first-order valence-corrected chi connectivity index (χ1v) is 24.3. The first kappa shape index (κ1) is 37.7. The molecule has 3 aromatic heterocycles. The number of rotatable bonds is 10. The Hall–Kier alpha value is -8.97. The van der Waals surface area contributed by atoms with Crippen LogP contribution in [0.5, 0.6) is 11.5 Å². The molecule has 0 atom stereocenters. The average molecular weight is 1170 g/mol. The van der Waals surface area contributed by atoms with Gasteiger partial charge >= 0.3 is 0 Å². The Morgan fingerprint density at radius 1 is 0.526 bits per heavy atom. The number of para-hydroxylation sites is 3. The van der Waals surface area contributed by atoms with E-state index in [1.165, 1.54) is 0 Å². The molecule has 0 aliphatic carbocycles. The molecule has 9 aromatic carbocycles. The second kappa shape index (κ2) is 20.0. The van der Waals surface area contributed by atoms with Gasteiger partial charge in [0.2, 0.25) is 0 Å². The van der Waals surface area contributed by atoms with Gasteiger partial charge in [-0.3, -0.25) is 0 Å². The molecule has 12 aromatic rings. The number of hydrogen-bond acceptors (Lipinski definition) is 7. The molecule has 76 heavy (non-hydrogen) atoms. The van der Waals surface area contributed by atoms with E-state index < -0.39 is 65.8 Å². The van der Waals surface area contributed by atoms with Crippen molar-refractivity contribution < 1.29 is 39.5 Å². The first-order valence-electron chi connectivity index (χ1n) is 29.3. The van der Waals surface area contributed by atoms with Crippen LogP contribution in [0.4, 0.5) is 22.7 Å². The Morgan fingerprint density at radius 2 is 1.11 bits per heavy atom. The second-order valence-corrected chi connectivity index (χ2v) is 18.9. The molecule has 0 saturated carbocycles. The van der Waals surface area contributed by atoms with E-state index in [1.54, 1.807) is 36.0 Å². The van der Waals surface area contributed by atoms with E-state index >= 15 is 0 Å². The minimum absolute atomic E-state index is 0. The van der Waals surface area contributed by atoms with Gasteiger partial charge in [-0.1, -0.05) is 184 Å². The first-order chi connectivity index (χ1) is 41.0. The molecule has 9 heteroatoms. The summed E-state index contributed by atoms with van der Waals surface area (Å²) in [7, 11) is 0. The fourth-order valence-corrected chi connectivity index (χ4v) is 9.52. The van der Waals surface area contributed by atoms with Crippen molar-refractivity contribution in [3.8, 4) is 73.7 Å². The van der Waals surface area contributed by atoms with E-state index in [1.807, 2.05) is 170 Å². The van der Waals surface area contributed by atoms with Crippen molar-refractivity contribution in [2.75, 3.05) is 9.80 Å². The van der Waals surface area contributed by atoms with Gasteiger partial charge in [-0.2, -0.15) is 6.07 Å². The number of pyridine rings is 1. The Morgan fingerprint density at radius 3 is 1.72 bits per heavy atom. The monoisotopic (exact) mass is 1170 g/mol. The molecule has 0 unspecified atom stereocenters. The smallest absolute Gasteiger partial charge is 0.162 e. The normalized spacial score (nSPS) is 14.0. The van der Waals surface area contributed by atoms with Crippen LogP contribution in [0.1, 0.15) is 40.0 Å². The van der Waals surface area contributed by atoms with Crippen LogP contribution in [-0.2, 0) is 26.5 Å². The number of benzene rings is 9. The third-order valence-corrected chi connectivity index (χ3v) is 13.1. The molecule has 370 valence electrons. The summed E-state index contributed by atoms with van der Waals surface area (Å²) in [6.07, 6.45) is 1.74. The van der Waals surface area contributed by atoms with Gasteiger partial charge in [0, 0.05) is 83.6 Å². The number of nitrogens with zero attached hydrogens (tertiary/aromatic N) is 7. The van der Waals surface area contributed by atoms with Crippen molar-refractivity contribution >= 4 is 44.6 Å². The number of aromatic nitrogens is 5. The average Bonchev–Trinajstić information content (AvgIpc) is 1.40. The Labute approximate surface area is 470 Å². The minimum Gasteiger partial charge on any atom is -0.508 e. The molecule has 8 nitrogen and oxygen atoms in total. The SMILES string of the molecule is [2H]c1c([2H])c([2H])c(-c2cc(C(C)(C)C)cc(-c3c([2H])c([2H])c([2H])c([2H])c3[2H])c2N2[CH-]N(c3[c-]c(Oc4[c-]c5c(cc4-c4nc(-c6ccccc6)nc(-c6ccccc6)n4)c4ccccc4n5-c4ccccn4)ccc3)c3ccccc32)c([2H])c1[2H].[Pt]. The fraction of sp³-hybridized carbons (Fsp3) is 0.0597. The molecule has 1 aliphatic rings. The quantitative estimate of drug-likeness (QED) is 0.126. The maximum Gasteiger partial charge on any atom is 0.162 e. The Bertz CT molecular complexity index is 4480. The van der Waals surface area contributed by atoms with Crippen molar-refractivity contribution in [3.05, 3.63) is 255 Å². The summed E-state index contributed by atoms with van der Waals surface area (Å²) in [5.41, 5.74) is 5.52. The zero-order valence-electron chi connectivity index (χ0n) is 51.1. The number of fused-ring (bicyclic) bond motifs is 4. The van der Waals surface area contributed by atoms with Gasteiger partial charge < -0.3 is 19.1 Å². The number of anilines is 4. The number of hydrogen-bond donors (Lipinski definition) is 0. The molecule has 13 rings (SSSR count). The predicted octanol–water partition coefficient (Wildman–Crippen LogP) is 16.8. The fourth-order valence-electron chi connectivity index (χ4n) is 9.52. The van der Waals surface area contributed by atoms with Gasteiger partial charge in [0.05, 0.1) is 13.7 Å². The van der Waals surface area contributed by atoms with Crippen LogP contribution in [0.25, 0.3) is 84.0 Å². The summed E-state index contributed by atoms with van der Waals surface area (Å²) in [5.74, 6) is 2.43. The molecule has 4 heterocycles. The van der Waals surface area contributed by atoms with Crippen molar-refractivity contribution in [2.24, 2.45) is 0 Å². The number of ether oxygens (including phenoxy) is 1. The zero-order valence-corrected chi connectivity index (χ0v) is 43.4. The molecule has 0 N–H and O–H groups in total. The zero-order chi connectivity index (χ0) is 59.2. The van der Waals surface area contributed by atoms with Gasteiger partial charge in [0.15, 0.2) is 11.6 Å². The van der Waals surface area contributed by atoms with Crippen LogP contribution in [0, 0.1) is 18.8 Å². The molecule has 0 saturated heterocycles. The Kier molecular flexibility index (Phi) is 9.95. The van der Waals surface area contributed by atoms with Crippen LogP contribution in [0.15, 0.2) is 230 Å². The Balaban J connectivity index is 0.00000724. The van der Waals surface area contributed by atoms with E-state index in [2.05, 4.69) is 18.2 Å². The van der Waals surface area contributed by atoms with Crippen LogP contribution >= 0.6 is 0 Å². The standard InChI is InChI=1S/C67H48N7O.Pt/c1-67(2,3)49-39-53(45-23-8-4-9-24-45)63(54(40-49)46-25-10-5-11-26-46)73-44-72(58-35-18-19-36-59(58)73)50-31-22-32-51(41-50)75-61-43-60-55(52-33-16-17-34-57(52)74(60)62-37-20-21-38-68-62)42-56(61)66-70-64(47-27-12-6-13-28-47)69-65(71-66)48-29-14-7-15-30-48;/h4-40,42,44H,1-3H3;/q-3;/i4D,5D,8D,9D,10D,11D,23D,24D,25D,26D;. The molecular formula is C67H48N7OPt-3. The topological polar surface area (TPSA) is 72.2 Å². The van der Waals surface area contributed by atoms with Gasteiger partial charge in [-0.25, -0.2) is 19.9 Å². The molecule has 0 spiro atoms. The van der Waals surface area contributed by atoms with Crippen molar-refractivity contribution in [1.82, 2.24) is 24.5 Å². The molecule has 0 radical (unpaired) electrons. The summed E-state index contributed by atoms with van der Waals surface area (Å²) in [4.78, 5) is 23.7. The van der Waals surface area contributed by atoms with Crippen LogP contribution in [0.2, 0.25) is 0 Å². The maximum absolute atomic E-state index is 9.35. The predicted molar refractivity (Wildman–Crippen MR) is 303 cm³/mol. The second-order valence-electron chi connectivity index (χ2n) is 18.9. The third kappa shape index (κ3) is 8.90. The van der Waals surface area contributed by atoms with E-state index in [0.29, 0.717) is 57.0 Å². The summed E-state index contributed by atoms with van der Waals surface area (Å²) in [5, 5.41) is 1.78. The third-order valence-electron chi connectivity index (χ3n) is 13.1. The summed E-state index contributed by atoms with van der Waals surface area (Å²) in [6, 6.07) is 53.4.